The normalized spacial score (nSPS) is 17.6. The van der Waals surface area contributed by atoms with E-state index in [1.165, 1.54) is 19.3 Å². The van der Waals surface area contributed by atoms with E-state index in [4.69, 9.17) is 17.0 Å². The first-order valence-corrected chi connectivity index (χ1v) is 5.17. The van der Waals surface area contributed by atoms with Crippen molar-refractivity contribution >= 4 is 17.4 Å². The van der Waals surface area contributed by atoms with Gasteiger partial charge in [-0.05, 0) is 37.9 Å². The standard InChI is InChI=1S/C9H17NOS/c1-2-8-11-9(12)10-6-4-3-5-7-10/h2-8H2,1H3. The van der Waals surface area contributed by atoms with E-state index in [2.05, 4.69) is 11.8 Å². The van der Waals surface area contributed by atoms with Crippen LogP contribution in [0, 0.1) is 0 Å². The first kappa shape index (κ1) is 9.78. The van der Waals surface area contributed by atoms with E-state index in [9.17, 15) is 0 Å². The van der Waals surface area contributed by atoms with E-state index < -0.39 is 0 Å². The summed E-state index contributed by atoms with van der Waals surface area (Å²) in [5, 5.41) is 0.705. The Morgan fingerprint density at radius 1 is 1.33 bits per heavy atom. The molecule has 0 amide bonds. The van der Waals surface area contributed by atoms with Gasteiger partial charge in [0.15, 0.2) is 0 Å². The van der Waals surface area contributed by atoms with E-state index >= 15 is 0 Å². The molecule has 0 aliphatic carbocycles. The summed E-state index contributed by atoms with van der Waals surface area (Å²) in [4.78, 5) is 2.18. The fourth-order valence-corrected chi connectivity index (χ4v) is 1.62. The maximum Gasteiger partial charge on any atom is 0.259 e. The van der Waals surface area contributed by atoms with Gasteiger partial charge in [-0.25, -0.2) is 0 Å². The third-order valence-electron chi connectivity index (χ3n) is 2.04. The average Bonchev–Trinajstić information content (AvgIpc) is 2.15. The topological polar surface area (TPSA) is 12.5 Å². The SMILES string of the molecule is CCCOC(=S)N1CCCCC1. The summed E-state index contributed by atoms with van der Waals surface area (Å²) in [6, 6.07) is 0. The van der Waals surface area contributed by atoms with Gasteiger partial charge in [-0.3, -0.25) is 0 Å². The predicted octanol–water partition coefficient (Wildman–Crippen LogP) is 2.18. The van der Waals surface area contributed by atoms with Crippen molar-refractivity contribution in [1.82, 2.24) is 4.90 Å². The smallest absolute Gasteiger partial charge is 0.259 e. The molecule has 0 N–H and O–H groups in total. The zero-order chi connectivity index (χ0) is 8.81. The average molecular weight is 187 g/mol. The third kappa shape index (κ3) is 2.97. The molecule has 0 unspecified atom stereocenters. The quantitative estimate of drug-likeness (QED) is 0.615. The zero-order valence-corrected chi connectivity index (χ0v) is 8.53. The molecule has 0 radical (unpaired) electrons. The number of likely N-dealkylation sites (tertiary alicyclic amines) is 1. The van der Waals surface area contributed by atoms with Gasteiger partial charge in [-0.2, -0.15) is 0 Å². The van der Waals surface area contributed by atoms with Crippen LogP contribution in [-0.2, 0) is 4.74 Å². The molecular formula is C9H17NOS. The van der Waals surface area contributed by atoms with E-state index in [-0.39, 0.29) is 0 Å². The monoisotopic (exact) mass is 187 g/mol. The number of hydrogen-bond donors (Lipinski definition) is 0. The fourth-order valence-electron chi connectivity index (χ4n) is 1.36. The second-order valence-electron chi connectivity index (χ2n) is 3.16. The Morgan fingerprint density at radius 3 is 2.58 bits per heavy atom. The lowest BCUT2D eigenvalue weighted by molar-refractivity contribution is 0.223. The summed E-state index contributed by atoms with van der Waals surface area (Å²) in [5.74, 6) is 0. The van der Waals surface area contributed by atoms with Crippen LogP contribution < -0.4 is 0 Å². The lowest BCUT2D eigenvalue weighted by atomic mass is 10.1. The minimum absolute atomic E-state index is 0.705. The molecule has 12 heavy (non-hydrogen) atoms. The first-order valence-electron chi connectivity index (χ1n) is 4.76. The van der Waals surface area contributed by atoms with Crippen LogP contribution in [0.15, 0.2) is 0 Å². The van der Waals surface area contributed by atoms with E-state index in [1.54, 1.807) is 0 Å². The fraction of sp³-hybridized carbons (Fsp3) is 0.889. The molecule has 1 rings (SSSR count). The maximum atomic E-state index is 5.39. The van der Waals surface area contributed by atoms with Crippen LogP contribution in [-0.4, -0.2) is 29.8 Å². The maximum absolute atomic E-state index is 5.39. The van der Waals surface area contributed by atoms with Gasteiger partial charge in [0.2, 0.25) is 0 Å². The summed E-state index contributed by atoms with van der Waals surface area (Å²) < 4.78 is 5.39. The van der Waals surface area contributed by atoms with E-state index in [0.29, 0.717) is 5.17 Å². The van der Waals surface area contributed by atoms with Crippen molar-refractivity contribution in [3.05, 3.63) is 0 Å². The molecule has 1 aliphatic heterocycles. The number of rotatable bonds is 2. The van der Waals surface area contributed by atoms with Crippen molar-refractivity contribution in [1.29, 1.82) is 0 Å². The Kier molecular flexibility index (Phi) is 4.36. The van der Waals surface area contributed by atoms with Crippen LogP contribution in [0.4, 0.5) is 0 Å². The van der Waals surface area contributed by atoms with Crippen LogP contribution >= 0.6 is 12.2 Å². The molecule has 1 fully saturated rings. The van der Waals surface area contributed by atoms with E-state index in [1.807, 2.05) is 0 Å². The molecule has 0 aromatic rings. The van der Waals surface area contributed by atoms with Gasteiger partial charge in [0, 0.05) is 13.1 Å². The van der Waals surface area contributed by atoms with Gasteiger partial charge in [-0.1, -0.05) is 6.92 Å². The second kappa shape index (κ2) is 5.36. The Balaban J connectivity index is 2.20. The summed E-state index contributed by atoms with van der Waals surface area (Å²) >= 11 is 5.14. The highest BCUT2D eigenvalue weighted by atomic mass is 32.1. The minimum Gasteiger partial charge on any atom is -0.471 e. The zero-order valence-electron chi connectivity index (χ0n) is 7.71. The van der Waals surface area contributed by atoms with Crippen molar-refractivity contribution in [2.45, 2.75) is 32.6 Å². The Hall–Kier alpha value is -0.310. The Bertz CT molecular complexity index is 143. The molecule has 0 atom stereocenters. The van der Waals surface area contributed by atoms with E-state index in [0.717, 1.165) is 26.1 Å². The van der Waals surface area contributed by atoms with Crippen LogP contribution in [0.5, 0.6) is 0 Å². The highest BCUT2D eigenvalue weighted by Gasteiger charge is 2.13. The summed E-state index contributed by atoms with van der Waals surface area (Å²) in [7, 11) is 0. The van der Waals surface area contributed by atoms with Crippen LogP contribution in [0.2, 0.25) is 0 Å². The van der Waals surface area contributed by atoms with Gasteiger partial charge in [0.25, 0.3) is 5.17 Å². The summed E-state index contributed by atoms with van der Waals surface area (Å²) in [6.07, 6.45) is 4.89. The highest BCUT2D eigenvalue weighted by molar-refractivity contribution is 7.80. The molecule has 0 saturated carbocycles. The molecule has 2 nitrogen and oxygen atoms in total. The molecule has 0 bridgehead atoms. The lowest BCUT2D eigenvalue weighted by Crippen LogP contribution is -2.35. The lowest BCUT2D eigenvalue weighted by Gasteiger charge is -2.28. The molecule has 0 aromatic heterocycles. The molecule has 1 aliphatic rings. The predicted molar refractivity (Wildman–Crippen MR) is 54.3 cm³/mol. The molecule has 70 valence electrons. The molecular weight excluding hydrogens is 170 g/mol. The van der Waals surface area contributed by atoms with Crippen molar-refractivity contribution in [2.75, 3.05) is 19.7 Å². The number of ether oxygens (including phenoxy) is 1. The van der Waals surface area contributed by atoms with Gasteiger partial charge in [0.1, 0.15) is 0 Å². The second-order valence-corrected chi connectivity index (χ2v) is 3.51. The molecule has 1 saturated heterocycles. The van der Waals surface area contributed by atoms with Crippen LogP contribution in [0.25, 0.3) is 0 Å². The summed E-state index contributed by atoms with van der Waals surface area (Å²) in [6.45, 7) is 5.03. The number of hydrogen-bond acceptors (Lipinski definition) is 2. The number of piperidine rings is 1. The highest BCUT2D eigenvalue weighted by Crippen LogP contribution is 2.09. The van der Waals surface area contributed by atoms with Crippen molar-refractivity contribution in [3.8, 4) is 0 Å². The molecule has 3 heteroatoms. The third-order valence-corrected chi connectivity index (χ3v) is 2.42. The first-order chi connectivity index (χ1) is 5.84. The largest absolute Gasteiger partial charge is 0.471 e. The number of nitrogens with zero attached hydrogens (tertiary/aromatic N) is 1. The molecule has 0 spiro atoms. The van der Waals surface area contributed by atoms with Gasteiger partial charge in [-0.15, -0.1) is 0 Å². The van der Waals surface area contributed by atoms with Crippen molar-refractivity contribution < 1.29 is 4.74 Å². The molecule has 0 aromatic carbocycles. The summed E-state index contributed by atoms with van der Waals surface area (Å²) in [5.41, 5.74) is 0. The van der Waals surface area contributed by atoms with Gasteiger partial charge < -0.3 is 9.64 Å². The number of thiocarbonyl (C=S) groups is 1. The Morgan fingerprint density at radius 2 is 2.00 bits per heavy atom. The van der Waals surface area contributed by atoms with Crippen molar-refractivity contribution in [2.24, 2.45) is 0 Å². The Labute approximate surface area is 79.9 Å². The minimum atomic E-state index is 0.705. The van der Waals surface area contributed by atoms with Crippen LogP contribution in [0.3, 0.4) is 0 Å². The van der Waals surface area contributed by atoms with Crippen LogP contribution in [0.1, 0.15) is 32.6 Å². The van der Waals surface area contributed by atoms with Crippen molar-refractivity contribution in [3.63, 3.8) is 0 Å². The molecule has 1 heterocycles. The van der Waals surface area contributed by atoms with Gasteiger partial charge >= 0.3 is 0 Å². The van der Waals surface area contributed by atoms with Gasteiger partial charge in [0.05, 0.1) is 6.61 Å².